The van der Waals surface area contributed by atoms with Crippen LogP contribution in [0.1, 0.15) is 32.6 Å². The number of hydrogen-bond donors (Lipinski definition) is 0. The van der Waals surface area contributed by atoms with Gasteiger partial charge in [0.1, 0.15) is 5.76 Å². The van der Waals surface area contributed by atoms with Gasteiger partial charge in [-0.15, -0.1) is 0 Å². The van der Waals surface area contributed by atoms with E-state index in [1.807, 2.05) is 6.92 Å². The molecule has 0 amide bonds. The van der Waals surface area contributed by atoms with Gasteiger partial charge < -0.3 is 4.74 Å². The summed E-state index contributed by atoms with van der Waals surface area (Å²) in [5, 5.41) is 0. The summed E-state index contributed by atoms with van der Waals surface area (Å²) in [5.41, 5.74) is 0. The molecule has 0 aromatic heterocycles. The first-order valence-electron chi connectivity index (χ1n) is 5.21. The van der Waals surface area contributed by atoms with Crippen LogP contribution in [0.5, 0.6) is 0 Å². The third-order valence-electron chi connectivity index (χ3n) is 3.09. The van der Waals surface area contributed by atoms with Gasteiger partial charge in [-0.05, 0) is 25.8 Å². The average Bonchev–Trinajstić information content (AvgIpc) is 2.46. The molecule has 0 bridgehead atoms. The topological polar surface area (TPSA) is 9.23 Å². The molecular weight excluding hydrogens is 180 g/mol. The zero-order valence-corrected chi connectivity index (χ0v) is 8.90. The van der Waals surface area contributed by atoms with Crippen LogP contribution in [-0.4, -0.2) is 11.5 Å². The maximum absolute atomic E-state index is 5.62. The zero-order chi connectivity index (χ0) is 9.26. The van der Waals surface area contributed by atoms with Gasteiger partial charge in [-0.2, -0.15) is 0 Å². The Labute approximate surface area is 85.2 Å². The molecule has 0 aromatic rings. The van der Waals surface area contributed by atoms with Gasteiger partial charge in [-0.3, -0.25) is 0 Å². The summed E-state index contributed by atoms with van der Waals surface area (Å²) in [6, 6.07) is 0. The van der Waals surface area contributed by atoms with Crippen LogP contribution in [0.3, 0.4) is 0 Å². The van der Waals surface area contributed by atoms with E-state index >= 15 is 0 Å². The summed E-state index contributed by atoms with van der Waals surface area (Å²) in [6.45, 7) is 2.82. The molecule has 1 fully saturated rings. The average molecular weight is 196 g/mol. The van der Waals surface area contributed by atoms with Crippen LogP contribution in [0.15, 0.2) is 11.8 Å². The standard InChI is InChI=1S/C11H16OS/c1-2-12-10-7-11(13)9-6-4-3-5-8(9)10/h7-9H,2-6H2,1H3/t8-,9+/m1/s1. The van der Waals surface area contributed by atoms with Crippen molar-refractivity contribution in [3.05, 3.63) is 11.8 Å². The zero-order valence-electron chi connectivity index (χ0n) is 8.08. The summed E-state index contributed by atoms with van der Waals surface area (Å²) < 4.78 is 5.62. The molecule has 0 radical (unpaired) electrons. The Kier molecular flexibility index (Phi) is 2.68. The molecule has 13 heavy (non-hydrogen) atoms. The highest BCUT2D eigenvalue weighted by molar-refractivity contribution is 7.80. The maximum Gasteiger partial charge on any atom is 0.101 e. The number of rotatable bonds is 2. The molecule has 0 saturated heterocycles. The normalized spacial score (nSPS) is 32.7. The van der Waals surface area contributed by atoms with Gasteiger partial charge in [0, 0.05) is 16.7 Å². The van der Waals surface area contributed by atoms with E-state index in [-0.39, 0.29) is 0 Å². The van der Waals surface area contributed by atoms with E-state index in [1.165, 1.54) is 25.7 Å². The van der Waals surface area contributed by atoms with Crippen LogP contribution in [0.2, 0.25) is 0 Å². The van der Waals surface area contributed by atoms with Crippen molar-refractivity contribution in [3.8, 4) is 0 Å². The summed E-state index contributed by atoms with van der Waals surface area (Å²) in [4.78, 5) is 1.13. The highest BCUT2D eigenvalue weighted by Crippen LogP contribution is 2.41. The van der Waals surface area contributed by atoms with E-state index in [0.717, 1.165) is 17.2 Å². The first-order valence-corrected chi connectivity index (χ1v) is 5.62. The van der Waals surface area contributed by atoms with E-state index in [1.54, 1.807) is 0 Å². The summed E-state index contributed by atoms with van der Waals surface area (Å²) in [7, 11) is 0. The number of ether oxygens (including phenoxy) is 1. The highest BCUT2D eigenvalue weighted by Gasteiger charge is 2.36. The fourth-order valence-electron chi connectivity index (χ4n) is 2.48. The van der Waals surface area contributed by atoms with Crippen LogP contribution in [0.4, 0.5) is 0 Å². The lowest BCUT2D eigenvalue weighted by Crippen LogP contribution is -2.21. The number of thiocarbonyl (C=S) groups is 1. The molecule has 0 spiro atoms. The molecule has 2 heteroatoms. The number of hydrogen-bond acceptors (Lipinski definition) is 2. The van der Waals surface area contributed by atoms with Gasteiger partial charge in [-0.1, -0.05) is 25.1 Å². The van der Waals surface area contributed by atoms with Gasteiger partial charge in [0.2, 0.25) is 0 Å². The smallest absolute Gasteiger partial charge is 0.101 e. The molecule has 2 aliphatic carbocycles. The molecule has 0 unspecified atom stereocenters. The molecule has 72 valence electrons. The van der Waals surface area contributed by atoms with Crippen molar-refractivity contribution in [2.45, 2.75) is 32.6 Å². The second-order valence-electron chi connectivity index (χ2n) is 3.88. The molecule has 0 aromatic carbocycles. The fraction of sp³-hybridized carbons (Fsp3) is 0.727. The van der Waals surface area contributed by atoms with Crippen molar-refractivity contribution in [2.75, 3.05) is 6.61 Å². The van der Waals surface area contributed by atoms with Crippen LogP contribution >= 0.6 is 12.2 Å². The third kappa shape index (κ3) is 1.64. The van der Waals surface area contributed by atoms with Crippen LogP contribution < -0.4 is 0 Å². The van der Waals surface area contributed by atoms with E-state index in [9.17, 15) is 0 Å². The summed E-state index contributed by atoms with van der Waals surface area (Å²) in [6.07, 6.45) is 7.33. The van der Waals surface area contributed by atoms with E-state index in [2.05, 4.69) is 6.08 Å². The predicted molar refractivity (Wildman–Crippen MR) is 57.8 cm³/mol. The Morgan fingerprint density at radius 1 is 1.38 bits per heavy atom. The largest absolute Gasteiger partial charge is 0.498 e. The van der Waals surface area contributed by atoms with E-state index in [4.69, 9.17) is 17.0 Å². The monoisotopic (exact) mass is 196 g/mol. The van der Waals surface area contributed by atoms with Crippen LogP contribution in [0.25, 0.3) is 0 Å². The molecule has 0 heterocycles. The third-order valence-corrected chi connectivity index (χ3v) is 3.51. The number of fused-ring (bicyclic) bond motifs is 1. The molecule has 2 atom stereocenters. The molecule has 2 aliphatic rings. The lowest BCUT2D eigenvalue weighted by Gasteiger charge is -2.26. The summed E-state index contributed by atoms with van der Waals surface area (Å²) >= 11 is 5.35. The first kappa shape index (κ1) is 9.20. The molecule has 0 N–H and O–H groups in total. The summed E-state index contributed by atoms with van der Waals surface area (Å²) in [5.74, 6) is 2.42. The molecule has 1 saturated carbocycles. The van der Waals surface area contributed by atoms with Crippen molar-refractivity contribution in [1.29, 1.82) is 0 Å². The minimum absolute atomic E-state index is 0.626. The van der Waals surface area contributed by atoms with E-state index in [0.29, 0.717) is 11.8 Å². The van der Waals surface area contributed by atoms with Gasteiger partial charge >= 0.3 is 0 Å². The highest BCUT2D eigenvalue weighted by atomic mass is 32.1. The molecule has 0 aliphatic heterocycles. The fourth-order valence-corrected chi connectivity index (χ4v) is 2.88. The van der Waals surface area contributed by atoms with Gasteiger partial charge in [0.25, 0.3) is 0 Å². The van der Waals surface area contributed by atoms with Crippen molar-refractivity contribution in [3.63, 3.8) is 0 Å². The first-order chi connectivity index (χ1) is 6.33. The quantitative estimate of drug-likeness (QED) is 0.628. The Balaban J connectivity index is 2.11. The second-order valence-corrected chi connectivity index (χ2v) is 4.35. The minimum atomic E-state index is 0.626. The Bertz CT molecular complexity index is 244. The molecule has 1 nitrogen and oxygen atoms in total. The predicted octanol–water partition coefficient (Wildman–Crippen LogP) is 3.10. The SMILES string of the molecule is CCOC1=CC(=S)[C@H]2CCCC[C@@H]12. The lowest BCUT2D eigenvalue weighted by atomic mass is 9.81. The number of allylic oxidation sites excluding steroid dienone is 2. The molecule has 2 rings (SSSR count). The Morgan fingerprint density at radius 3 is 2.77 bits per heavy atom. The van der Waals surface area contributed by atoms with Crippen molar-refractivity contribution in [1.82, 2.24) is 0 Å². The van der Waals surface area contributed by atoms with Crippen LogP contribution in [0, 0.1) is 11.8 Å². The van der Waals surface area contributed by atoms with Gasteiger partial charge in [-0.25, -0.2) is 0 Å². The van der Waals surface area contributed by atoms with Crippen molar-refractivity contribution in [2.24, 2.45) is 11.8 Å². The van der Waals surface area contributed by atoms with Crippen molar-refractivity contribution >= 4 is 17.1 Å². The van der Waals surface area contributed by atoms with Crippen molar-refractivity contribution < 1.29 is 4.74 Å². The Hall–Kier alpha value is -0.370. The molecular formula is C11H16OS. The Morgan fingerprint density at radius 2 is 2.08 bits per heavy atom. The van der Waals surface area contributed by atoms with Gasteiger partial charge in [0.15, 0.2) is 0 Å². The van der Waals surface area contributed by atoms with Gasteiger partial charge in [0.05, 0.1) is 6.61 Å². The second kappa shape index (κ2) is 3.79. The lowest BCUT2D eigenvalue weighted by molar-refractivity contribution is 0.166. The maximum atomic E-state index is 5.62. The minimum Gasteiger partial charge on any atom is -0.498 e. The van der Waals surface area contributed by atoms with Crippen LogP contribution in [-0.2, 0) is 4.74 Å². The van der Waals surface area contributed by atoms with E-state index < -0.39 is 0 Å².